The van der Waals surface area contributed by atoms with Crippen molar-refractivity contribution in [3.05, 3.63) is 52.1 Å². The van der Waals surface area contributed by atoms with Crippen molar-refractivity contribution in [3.63, 3.8) is 0 Å². The lowest BCUT2D eigenvalue weighted by atomic mass is 10.2. The molecule has 0 amide bonds. The lowest BCUT2D eigenvalue weighted by molar-refractivity contribution is 0.475. The summed E-state index contributed by atoms with van der Waals surface area (Å²) >= 11 is 6.74. The van der Waals surface area contributed by atoms with Crippen LogP contribution in [0.2, 0.25) is 0 Å². The SMILES string of the molecule is Oc1cccc(/C=N/n2c(-c3cccs3)n[nH]c2=S)c1. The third-order valence-corrected chi connectivity index (χ3v) is 3.71. The summed E-state index contributed by atoms with van der Waals surface area (Å²) in [5.74, 6) is 0.865. The fourth-order valence-corrected chi connectivity index (χ4v) is 2.57. The second kappa shape index (κ2) is 5.40. The second-order valence-corrected chi connectivity index (χ2v) is 5.32. The molecule has 3 rings (SSSR count). The monoisotopic (exact) mass is 302 g/mol. The Morgan fingerprint density at radius 1 is 1.35 bits per heavy atom. The molecule has 5 nitrogen and oxygen atoms in total. The van der Waals surface area contributed by atoms with Crippen LogP contribution >= 0.6 is 23.6 Å². The van der Waals surface area contributed by atoms with Crippen molar-refractivity contribution in [3.8, 4) is 16.5 Å². The molecule has 0 saturated carbocycles. The van der Waals surface area contributed by atoms with Gasteiger partial charge in [-0.25, -0.2) is 5.10 Å². The number of thiophene rings is 1. The lowest BCUT2D eigenvalue weighted by Crippen LogP contribution is -1.93. The molecule has 7 heteroatoms. The Morgan fingerprint density at radius 2 is 2.25 bits per heavy atom. The standard InChI is InChI=1S/C13H10N4OS2/c18-10-4-1-3-9(7-10)8-14-17-12(15-16-13(17)19)11-5-2-6-20-11/h1-8,18H,(H,16,19)/b14-8+. The van der Waals surface area contributed by atoms with Crippen molar-refractivity contribution < 1.29 is 5.11 Å². The van der Waals surface area contributed by atoms with E-state index in [0.29, 0.717) is 10.6 Å². The predicted octanol–water partition coefficient (Wildman–Crippen LogP) is 3.26. The molecule has 2 aromatic heterocycles. The van der Waals surface area contributed by atoms with Crippen molar-refractivity contribution in [2.75, 3.05) is 0 Å². The third kappa shape index (κ3) is 2.54. The van der Waals surface area contributed by atoms with E-state index >= 15 is 0 Å². The first-order valence-corrected chi connectivity index (χ1v) is 7.07. The number of aromatic nitrogens is 3. The molecule has 0 aliphatic heterocycles. The molecule has 2 N–H and O–H groups in total. The maximum Gasteiger partial charge on any atom is 0.216 e. The summed E-state index contributed by atoms with van der Waals surface area (Å²) in [4.78, 5) is 0.977. The van der Waals surface area contributed by atoms with Gasteiger partial charge in [-0.05, 0) is 41.4 Å². The smallest absolute Gasteiger partial charge is 0.216 e. The number of rotatable bonds is 3. The first kappa shape index (κ1) is 12.8. The van der Waals surface area contributed by atoms with Crippen LogP contribution in [0, 0.1) is 4.77 Å². The maximum atomic E-state index is 9.42. The molecule has 0 unspecified atom stereocenters. The summed E-state index contributed by atoms with van der Waals surface area (Å²) in [5.41, 5.74) is 0.783. The highest BCUT2D eigenvalue weighted by Crippen LogP contribution is 2.22. The summed E-state index contributed by atoms with van der Waals surface area (Å²) in [7, 11) is 0. The van der Waals surface area contributed by atoms with Crippen LogP contribution in [-0.4, -0.2) is 26.2 Å². The minimum absolute atomic E-state index is 0.197. The Labute approximate surface area is 123 Å². The van der Waals surface area contributed by atoms with Crippen LogP contribution in [0.4, 0.5) is 0 Å². The van der Waals surface area contributed by atoms with Gasteiger partial charge in [0.2, 0.25) is 4.77 Å². The number of benzene rings is 1. The Bertz CT molecular complexity index is 802. The van der Waals surface area contributed by atoms with Crippen molar-refractivity contribution in [1.29, 1.82) is 0 Å². The van der Waals surface area contributed by atoms with E-state index in [4.69, 9.17) is 12.2 Å². The molecule has 0 radical (unpaired) electrons. The van der Waals surface area contributed by atoms with Gasteiger partial charge in [0, 0.05) is 0 Å². The fraction of sp³-hybridized carbons (Fsp3) is 0. The molecule has 0 spiro atoms. The van der Waals surface area contributed by atoms with Gasteiger partial charge >= 0.3 is 0 Å². The van der Waals surface area contributed by atoms with Crippen LogP contribution in [0.25, 0.3) is 10.7 Å². The van der Waals surface area contributed by atoms with E-state index < -0.39 is 0 Å². The highest BCUT2D eigenvalue weighted by molar-refractivity contribution is 7.71. The number of H-pyrrole nitrogens is 1. The van der Waals surface area contributed by atoms with Crippen LogP contribution < -0.4 is 0 Å². The van der Waals surface area contributed by atoms with E-state index in [9.17, 15) is 5.11 Å². The van der Waals surface area contributed by atoms with Gasteiger partial charge in [0.1, 0.15) is 5.75 Å². The van der Waals surface area contributed by atoms with Crippen LogP contribution in [-0.2, 0) is 0 Å². The quantitative estimate of drug-likeness (QED) is 0.576. The number of hydrogen-bond acceptors (Lipinski definition) is 5. The molecule has 1 aromatic carbocycles. The number of phenolic OH excluding ortho intramolecular Hbond substituents is 1. The van der Waals surface area contributed by atoms with Gasteiger partial charge in [0.25, 0.3) is 0 Å². The van der Waals surface area contributed by atoms with Crippen molar-refractivity contribution in [2.24, 2.45) is 5.10 Å². The molecule has 3 aromatic rings. The number of nitrogens with one attached hydrogen (secondary N) is 1. The molecule has 0 bridgehead atoms. The van der Waals surface area contributed by atoms with E-state index in [0.717, 1.165) is 10.4 Å². The molecular weight excluding hydrogens is 292 g/mol. The Balaban J connectivity index is 1.99. The summed E-state index contributed by atoms with van der Waals surface area (Å²) in [5, 5.41) is 22.6. The number of hydrogen-bond donors (Lipinski definition) is 2. The van der Waals surface area contributed by atoms with Gasteiger partial charge in [-0.3, -0.25) is 0 Å². The molecule has 0 atom stereocenters. The first-order valence-electron chi connectivity index (χ1n) is 5.79. The number of aromatic amines is 1. The van der Waals surface area contributed by atoms with Gasteiger partial charge in [0.05, 0.1) is 11.1 Å². The Morgan fingerprint density at radius 3 is 3.00 bits per heavy atom. The van der Waals surface area contributed by atoms with Gasteiger partial charge in [-0.1, -0.05) is 18.2 Å². The fourth-order valence-electron chi connectivity index (χ4n) is 1.69. The summed E-state index contributed by atoms with van der Waals surface area (Å²) in [6.45, 7) is 0. The van der Waals surface area contributed by atoms with Crippen LogP contribution in [0.15, 0.2) is 46.9 Å². The van der Waals surface area contributed by atoms with E-state index in [2.05, 4.69) is 15.3 Å². The van der Waals surface area contributed by atoms with Crippen LogP contribution in [0.1, 0.15) is 5.56 Å². The first-order chi connectivity index (χ1) is 9.74. The minimum Gasteiger partial charge on any atom is -0.508 e. The highest BCUT2D eigenvalue weighted by atomic mass is 32.1. The van der Waals surface area contributed by atoms with E-state index in [1.807, 2.05) is 23.6 Å². The highest BCUT2D eigenvalue weighted by Gasteiger charge is 2.08. The van der Waals surface area contributed by atoms with Gasteiger partial charge in [0.15, 0.2) is 5.82 Å². The molecule has 0 saturated heterocycles. The van der Waals surface area contributed by atoms with Crippen LogP contribution in [0.3, 0.4) is 0 Å². The molecule has 2 heterocycles. The second-order valence-electron chi connectivity index (χ2n) is 3.98. The van der Waals surface area contributed by atoms with Crippen molar-refractivity contribution in [1.82, 2.24) is 14.9 Å². The van der Waals surface area contributed by atoms with Crippen molar-refractivity contribution >= 4 is 29.8 Å². The molecule has 100 valence electrons. The lowest BCUT2D eigenvalue weighted by Gasteiger charge is -1.98. The number of aromatic hydroxyl groups is 1. The van der Waals surface area contributed by atoms with Gasteiger partial charge in [-0.2, -0.15) is 14.9 Å². The number of nitrogens with zero attached hydrogens (tertiary/aromatic N) is 3. The summed E-state index contributed by atoms with van der Waals surface area (Å²) in [6, 6.07) is 10.7. The molecule has 20 heavy (non-hydrogen) atoms. The third-order valence-electron chi connectivity index (χ3n) is 2.58. The average molecular weight is 302 g/mol. The van der Waals surface area contributed by atoms with Gasteiger partial charge < -0.3 is 5.11 Å². The maximum absolute atomic E-state index is 9.42. The number of phenols is 1. The molecule has 0 aliphatic rings. The summed E-state index contributed by atoms with van der Waals surface area (Å²) < 4.78 is 1.98. The average Bonchev–Trinajstić information content (AvgIpc) is 3.06. The van der Waals surface area contributed by atoms with E-state index in [-0.39, 0.29) is 5.75 Å². The topological polar surface area (TPSA) is 66.2 Å². The van der Waals surface area contributed by atoms with Gasteiger partial charge in [-0.15, -0.1) is 11.3 Å². The zero-order valence-corrected chi connectivity index (χ0v) is 11.9. The normalized spacial score (nSPS) is 11.2. The zero-order chi connectivity index (χ0) is 13.9. The zero-order valence-electron chi connectivity index (χ0n) is 10.2. The largest absolute Gasteiger partial charge is 0.508 e. The molecule has 0 fully saturated rings. The Hall–Kier alpha value is -2.25. The minimum atomic E-state index is 0.197. The summed E-state index contributed by atoms with van der Waals surface area (Å²) in [6.07, 6.45) is 1.63. The predicted molar refractivity (Wildman–Crippen MR) is 81.8 cm³/mol. The van der Waals surface area contributed by atoms with E-state index in [1.54, 1.807) is 40.4 Å². The molecular formula is C13H10N4OS2. The molecule has 0 aliphatic carbocycles. The van der Waals surface area contributed by atoms with Crippen molar-refractivity contribution in [2.45, 2.75) is 0 Å². The van der Waals surface area contributed by atoms with E-state index in [1.165, 1.54) is 0 Å². The Kier molecular flexibility index (Phi) is 3.44. The van der Waals surface area contributed by atoms with Crippen LogP contribution in [0.5, 0.6) is 5.75 Å².